The molecule has 0 radical (unpaired) electrons. The second-order valence-corrected chi connectivity index (χ2v) is 4.83. The quantitative estimate of drug-likeness (QED) is 0.641. The lowest BCUT2D eigenvalue weighted by molar-refractivity contribution is 0.484. The van der Waals surface area contributed by atoms with E-state index in [4.69, 9.17) is 10.3 Å². The number of nitrogens with zero attached hydrogens (tertiary/aromatic N) is 2. The average molecular weight is 262 g/mol. The third-order valence-corrected chi connectivity index (χ3v) is 3.55. The van der Waals surface area contributed by atoms with Gasteiger partial charge in [0.2, 0.25) is 0 Å². The first-order valence-electron chi connectivity index (χ1n) is 6.64. The van der Waals surface area contributed by atoms with Crippen LogP contribution in [0.1, 0.15) is 47.7 Å². The van der Waals surface area contributed by atoms with E-state index in [0.717, 1.165) is 41.3 Å². The molecular weight excluding hydrogens is 240 g/mol. The summed E-state index contributed by atoms with van der Waals surface area (Å²) >= 11 is 0. The van der Waals surface area contributed by atoms with Crippen LogP contribution in [0.15, 0.2) is 16.7 Å². The molecule has 0 aliphatic carbocycles. The molecule has 1 unspecified atom stereocenters. The smallest absolute Gasteiger partial charge is 0.106 e. The van der Waals surface area contributed by atoms with Gasteiger partial charge in [-0.3, -0.25) is 10.5 Å². The minimum atomic E-state index is -0.0912. The van der Waals surface area contributed by atoms with Crippen molar-refractivity contribution in [3.8, 4) is 0 Å². The first-order valence-corrected chi connectivity index (χ1v) is 6.64. The Morgan fingerprint density at radius 1 is 1.37 bits per heavy atom. The topological polar surface area (TPSA) is 69.0 Å². The third-order valence-electron chi connectivity index (χ3n) is 3.55. The number of hydrazine groups is 1. The molecule has 0 aliphatic rings. The lowest BCUT2D eigenvalue weighted by Gasteiger charge is -2.18. The molecular formula is C14H22N4O. The summed E-state index contributed by atoms with van der Waals surface area (Å²) in [6.07, 6.45) is 2.85. The predicted octanol–water partition coefficient (Wildman–Crippen LogP) is 2.36. The normalized spacial score (nSPS) is 12.9. The van der Waals surface area contributed by atoms with Gasteiger partial charge >= 0.3 is 0 Å². The van der Waals surface area contributed by atoms with Crippen LogP contribution in [-0.4, -0.2) is 9.78 Å². The highest BCUT2D eigenvalue weighted by Crippen LogP contribution is 2.30. The summed E-state index contributed by atoms with van der Waals surface area (Å²) < 4.78 is 7.69. The van der Waals surface area contributed by atoms with E-state index in [9.17, 15) is 0 Å². The Balaban J connectivity index is 2.47. The Morgan fingerprint density at radius 3 is 2.63 bits per heavy atom. The second-order valence-electron chi connectivity index (χ2n) is 4.83. The van der Waals surface area contributed by atoms with Crippen LogP contribution in [0.3, 0.4) is 0 Å². The Labute approximate surface area is 113 Å². The molecule has 0 aromatic carbocycles. The van der Waals surface area contributed by atoms with Crippen molar-refractivity contribution in [3.05, 3.63) is 40.6 Å². The van der Waals surface area contributed by atoms with Crippen LogP contribution in [0.5, 0.6) is 0 Å². The molecule has 2 aromatic heterocycles. The Hall–Kier alpha value is -1.59. The summed E-state index contributed by atoms with van der Waals surface area (Å²) in [5, 5.41) is 4.36. The molecule has 0 saturated heterocycles. The van der Waals surface area contributed by atoms with E-state index in [2.05, 4.69) is 24.4 Å². The summed E-state index contributed by atoms with van der Waals surface area (Å²) in [6, 6.07) is 1.91. The highest BCUT2D eigenvalue weighted by Gasteiger charge is 2.24. The summed E-state index contributed by atoms with van der Waals surface area (Å²) in [7, 11) is 0. The van der Waals surface area contributed by atoms with Crippen molar-refractivity contribution in [2.75, 3.05) is 0 Å². The highest BCUT2D eigenvalue weighted by molar-refractivity contribution is 5.38. The fourth-order valence-corrected chi connectivity index (χ4v) is 2.54. The summed E-state index contributed by atoms with van der Waals surface area (Å²) in [6.45, 7) is 9.03. The largest absolute Gasteiger partial charge is 0.466 e. The number of aromatic nitrogens is 2. The van der Waals surface area contributed by atoms with Crippen LogP contribution in [0.4, 0.5) is 0 Å². The van der Waals surface area contributed by atoms with Crippen molar-refractivity contribution in [3.63, 3.8) is 0 Å². The molecule has 0 saturated carbocycles. The first-order chi connectivity index (χ1) is 9.10. The molecule has 19 heavy (non-hydrogen) atoms. The minimum absolute atomic E-state index is 0.0912. The zero-order chi connectivity index (χ0) is 14.0. The summed E-state index contributed by atoms with van der Waals surface area (Å²) in [5.74, 6) is 7.62. The fraction of sp³-hybridized carbons (Fsp3) is 0.500. The SMILES string of the molecule is CCCn1nccc1C(NN)c1c(C)oc(C)c1C. The van der Waals surface area contributed by atoms with Crippen LogP contribution in [0.2, 0.25) is 0 Å². The van der Waals surface area contributed by atoms with Crippen LogP contribution in [-0.2, 0) is 6.54 Å². The fourth-order valence-electron chi connectivity index (χ4n) is 2.54. The standard InChI is InChI=1S/C14H22N4O/c1-5-8-18-12(6-7-16-18)14(17-15)13-9(2)10(3)19-11(13)4/h6-7,14,17H,5,8,15H2,1-4H3. The molecule has 5 nitrogen and oxygen atoms in total. The van der Waals surface area contributed by atoms with Crippen LogP contribution >= 0.6 is 0 Å². The number of hydrogen-bond acceptors (Lipinski definition) is 4. The number of aryl methyl sites for hydroxylation is 3. The molecule has 0 amide bonds. The number of rotatable bonds is 5. The number of nitrogens with one attached hydrogen (secondary N) is 1. The maximum Gasteiger partial charge on any atom is 0.106 e. The molecule has 2 rings (SSSR count). The molecule has 3 N–H and O–H groups in total. The van der Waals surface area contributed by atoms with Crippen LogP contribution in [0, 0.1) is 20.8 Å². The van der Waals surface area contributed by atoms with E-state index in [1.807, 2.05) is 30.8 Å². The lowest BCUT2D eigenvalue weighted by atomic mass is 10.00. The van der Waals surface area contributed by atoms with Gasteiger partial charge in [0, 0.05) is 18.3 Å². The molecule has 104 valence electrons. The van der Waals surface area contributed by atoms with Crippen molar-refractivity contribution in [1.29, 1.82) is 0 Å². The number of nitrogens with two attached hydrogens (primary N) is 1. The van der Waals surface area contributed by atoms with Crippen molar-refractivity contribution >= 4 is 0 Å². The van der Waals surface area contributed by atoms with Crippen LogP contribution in [0.25, 0.3) is 0 Å². The van der Waals surface area contributed by atoms with Crippen molar-refractivity contribution in [2.24, 2.45) is 5.84 Å². The Kier molecular flexibility index (Phi) is 4.07. The second kappa shape index (κ2) is 5.59. The molecule has 0 aliphatic heterocycles. The van der Waals surface area contributed by atoms with Gasteiger partial charge in [-0.25, -0.2) is 5.43 Å². The molecule has 0 fully saturated rings. The maximum absolute atomic E-state index is 5.78. The van der Waals surface area contributed by atoms with Crippen molar-refractivity contribution in [2.45, 2.75) is 46.7 Å². The van der Waals surface area contributed by atoms with E-state index in [1.165, 1.54) is 0 Å². The third kappa shape index (κ3) is 2.43. The molecule has 1 atom stereocenters. The van der Waals surface area contributed by atoms with E-state index in [0.29, 0.717) is 0 Å². The van der Waals surface area contributed by atoms with Gasteiger partial charge in [-0.15, -0.1) is 0 Å². The van der Waals surface area contributed by atoms with Gasteiger partial charge in [0.1, 0.15) is 11.5 Å². The van der Waals surface area contributed by atoms with E-state index >= 15 is 0 Å². The molecule has 2 heterocycles. The molecule has 5 heteroatoms. The van der Waals surface area contributed by atoms with Gasteiger partial charge in [0.25, 0.3) is 0 Å². The van der Waals surface area contributed by atoms with Crippen molar-refractivity contribution in [1.82, 2.24) is 15.2 Å². The van der Waals surface area contributed by atoms with Gasteiger partial charge in [0.05, 0.1) is 11.7 Å². The Morgan fingerprint density at radius 2 is 2.11 bits per heavy atom. The van der Waals surface area contributed by atoms with Gasteiger partial charge in [-0.2, -0.15) is 5.10 Å². The zero-order valence-corrected chi connectivity index (χ0v) is 12.0. The van der Waals surface area contributed by atoms with Gasteiger partial charge in [-0.1, -0.05) is 6.92 Å². The minimum Gasteiger partial charge on any atom is -0.466 e. The Bertz CT molecular complexity index is 556. The van der Waals surface area contributed by atoms with E-state index in [1.54, 1.807) is 0 Å². The average Bonchev–Trinajstić information content (AvgIpc) is 2.91. The van der Waals surface area contributed by atoms with Crippen LogP contribution < -0.4 is 11.3 Å². The van der Waals surface area contributed by atoms with Gasteiger partial charge < -0.3 is 4.42 Å². The van der Waals surface area contributed by atoms with E-state index in [-0.39, 0.29) is 6.04 Å². The molecule has 0 spiro atoms. The predicted molar refractivity (Wildman–Crippen MR) is 74.6 cm³/mol. The summed E-state index contributed by atoms with van der Waals surface area (Å²) in [4.78, 5) is 0. The number of hydrogen-bond donors (Lipinski definition) is 2. The van der Waals surface area contributed by atoms with Gasteiger partial charge in [0.15, 0.2) is 0 Å². The lowest BCUT2D eigenvalue weighted by Crippen LogP contribution is -2.31. The van der Waals surface area contributed by atoms with Crippen molar-refractivity contribution < 1.29 is 4.42 Å². The number of furan rings is 1. The summed E-state index contributed by atoms with van der Waals surface area (Å²) in [5.41, 5.74) is 6.21. The maximum atomic E-state index is 5.78. The monoisotopic (exact) mass is 262 g/mol. The van der Waals surface area contributed by atoms with Gasteiger partial charge in [-0.05, 0) is 38.8 Å². The molecule has 0 bridgehead atoms. The zero-order valence-electron chi connectivity index (χ0n) is 12.0. The molecule has 2 aromatic rings. The highest BCUT2D eigenvalue weighted by atomic mass is 16.3. The first kappa shape index (κ1) is 13.8. The van der Waals surface area contributed by atoms with E-state index < -0.39 is 0 Å².